The van der Waals surface area contributed by atoms with Gasteiger partial charge in [-0.1, -0.05) is 62.9 Å². The number of amides is 1. The summed E-state index contributed by atoms with van der Waals surface area (Å²) in [6.45, 7) is 7.88. The summed E-state index contributed by atoms with van der Waals surface area (Å²) in [4.78, 5) is 12.5. The lowest BCUT2D eigenvalue weighted by molar-refractivity contribution is -0.115. The standard InChI is InChI=1S/C19H23N5OS/c1-12(26-18-23-22-17(24(18)20)19(2,3)4)16(25)21-15-10-9-13-7-5-6-8-14(13)11-15/h5-12H,20H2,1-4H3,(H,21,25)/t12-/m1/s1. The van der Waals surface area contributed by atoms with Crippen LogP contribution in [0.5, 0.6) is 0 Å². The summed E-state index contributed by atoms with van der Waals surface area (Å²) in [7, 11) is 0. The Labute approximate surface area is 157 Å². The largest absolute Gasteiger partial charge is 0.336 e. The van der Waals surface area contributed by atoms with Crippen molar-refractivity contribution in [2.45, 2.75) is 43.5 Å². The first-order valence-electron chi connectivity index (χ1n) is 8.43. The number of nitrogens with one attached hydrogen (secondary N) is 1. The van der Waals surface area contributed by atoms with E-state index in [0.29, 0.717) is 11.0 Å². The van der Waals surface area contributed by atoms with Gasteiger partial charge in [0.1, 0.15) is 0 Å². The van der Waals surface area contributed by atoms with E-state index >= 15 is 0 Å². The SMILES string of the molecule is C[C@@H](Sc1nnc(C(C)(C)C)n1N)C(=O)Nc1ccc2ccccc2c1. The van der Waals surface area contributed by atoms with Crippen LogP contribution in [0.25, 0.3) is 10.8 Å². The topological polar surface area (TPSA) is 85.8 Å². The number of carbonyl (C=O) groups excluding carboxylic acids is 1. The minimum absolute atomic E-state index is 0.106. The van der Waals surface area contributed by atoms with E-state index < -0.39 is 0 Å². The van der Waals surface area contributed by atoms with Gasteiger partial charge in [0.05, 0.1) is 5.25 Å². The smallest absolute Gasteiger partial charge is 0.237 e. The van der Waals surface area contributed by atoms with Crippen LogP contribution in [0.2, 0.25) is 0 Å². The summed E-state index contributed by atoms with van der Waals surface area (Å²) in [5.74, 6) is 6.67. The van der Waals surface area contributed by atoms with E-state index in [4.69, 9.17) is 5.84 Å². The van der Waals surface area contributed by atoms with Gasteiger partial charge in [-0.2, -0.15) is 0 Å². The predicted molar refractivity (Wildman–Crippen MR) is 107 cm³/mol. The highest BCUT2D eigenvalue weighted by Crippen LogP contribution is 2.26. The number of nitrogens with two attached hydrogens (primary N) is 1. The van der Waals surface area contributed by atoms with Crippen LogP contribution in [-0.4, -0.2) is 26.0 Å². The van der Waals surface area contributed by atoms with Gasteiger partial charge in [-0.15, -0.1) is 10.2 Å². The molecule has 1 aromatic heterocycles. The number of rotatable bonds is 4. The number of benzene rings is 2. The van der Waals surface area contributed by atoms with Crippen molar-refractivity contribution < 1.29 is 4.79 Å². The van der Waals surface area contributed by atoms with Gasteiger partial charge in [0.15, 0.2) is 5.82 Å². The molecule has 3 N–H and O–H groups in total. The number of hydrogen-bond acceptors (Lipinski definition) is 5. The third-order valence-electron chi connectivity index (χ3n) is 4.00. The van der Waals surface area contributed by atoms with Gasteiger partial charge in [0.25, 0.3) is 0 Å². The molecule has 1 heterocycles. The molecule has 6 nitrogen and oxygen atoms in total. The average Bonchev–Trinajstić information content (AvgIpc) is 2.95. The third-order valence-corrected chi connectivity index (χ3v) is 5.06. The van der Waals surface area contributed by atoms with E-state index in [9.17, 15) is 4.79 Å². The summed E-state index contributed by atoms with van der Waals surface area (Å²) in [5.41, 5.74) is 0.558. The Bertz CT molecular complexity index is 944. The molecule has 26 heavy (non-hydrogen) atoms. The van der Waals surface area contributed by atoms with Crippen LogP contribution in [0.15, 0.2) is 47.6 Å². The highest BCUT2D eigenvalue weighted by atomic mass is 32.2. The lowest BCUT2D eigenvalue weighted by atomic mass is 9.96. The lowest BCUT2D eigenvalue weighted by Gasteiger charge is -2.17. The average molecular weight is 369 g/mol. The molecule has 0 spiro atoms. The highest BCUT2D eigenvalue weighted by Gasteiger charge is 2.25. The lowest BCUT2D eigenvalue weighted by Crippen LogP contribution is -2.26. The van der Waals surface area contributed by atoms with Gasteiger partial charge in [-0.3, -0.25) is 4.79 Å². The zero-order chi connectivity index (χ0) is 18.9. The summed E-state index contributed by atoms with van der Waals surface area (Å²) in [6.07, 6.45) is 0. The van der Waals surface area contributed by atoms with Crippen molar-refractivity contribution in [1.29, 1.82) is 0 Å². The molecule has 0 unspecified atom stereocenters. The van der Waals surface area contributed by atoms with Crippen molar-refractivity contribution in [3.8, 4) is 0 Å². The van der Waals surface area contributed by atoms with Crippen molar-refractivity contribution in [3.63, 3.8) is 0 Å². The number of fused-ring (bicyclic) bond motifs is 1. The van der Waals surface area contributed by atoms with Crippen LogP contribution in [0.3, 0.4) is 0 Å². The molecule has 0 aliphatic heterocycles. The van der Waals surface area contributed by atoms with Crippen molar-refractivity contribution in [1.82, 2.24) is 14.9 Å². The molecular weight excluding hydrogens is 346 g/mol. The Morgan fingerprint density at radius 2 is 1.85 bits per heavy atom. The number of thioether (sulfide) groups is 1. The Kier molecular flexibility index (Phi) is 4.91. The molecule has 0 radical (unpaired) electrons. The molecule has 3 rings (SSSR count). The quantitative estimate of drug-likeness (QED) is 0.542. The number of nitrogen functional groups attached to an aromatic ring is 1. The van der Waals surface area contributed by atoms with Gasteiger partial charge in [0, 0.05) is 11.1 Å². The van der Waals surface area contributed by atoms with Crippen molar-refractivity contribution in [2.24, 2.45) is 0 Å². The van der Waals surface area contributed by atoms with Crippen LogP contribution in [-0.2, 0) is 10.2 Å². The van der Waals surface area contributed by atoms with Gasteiger partial charge in [-0.05, 0) is 29.8 Å². The molecule has 1 amide bonds. The summed E-state index contributed by atoms with van der Waals surface area (Å²) in [5, 5.41) is 13.6. The normalized spacial score (nSPS) is 12.9. The minimum Gasteiger partial charge on any atom is -0.336 e. The molecule has 7 heteroatoms. The van der Waals surface area contributed by atoms with Crippen molar-refractivity contribution in [2.75, 3.05) is 11.2 Å². The van der Waals surface area contributed by atoms with Crippen LogP contribution in [0, 0.1) is 0 Å². The predicted octanol–water partition coefficient (Wildman–Crippen LogP) is 3.56. The maximum atomic E-state index is 12.5. The molecule has 1 atom stereocenters. The van der Waals surface area contributed by atoms with Gasteiger partial charge in [-0.25, -0.2) is 4.68 Å². The first-order valence-corrected chi connectivity index (χ1v) is 9.31. The Balaban J connectivity index is 1.70. The van der Waals surface area contributed by atoms with Crippen LogP contribution in [0.4, 0.5) is 5.69 Å². The molecule has 0 aliphatic rings. The Morgan fingerprint density at radius 1 is 1.15 bits per heavy atom. The van der Waals surface area contributed by atoms with Crippen molar-refractivity contribution in [3.05, 3.63) is 48.3 Å². The number of nitrogens with zero attached hydrogens (tertiary/aromatic N) is 3. The number of anilines is 1. The number of carbonyl (C=O) groups is 1. The van der Waals surface area contributed by atoms with Crippen LogP contribution >= 0.6 is 11.8 Å². The maximum Gasteiger partial charge on any atom is 0.237 e. The van der Waals surface area contributed by atoms with E-state index in [1.807, 2.05) is 70.2 Å². The fourth-order valence-corrected chi connectivity index (χ4v) is 3.36. The van der Waals surface area contributed by atoms with E-state index in [0.717, 1.165) is 16.5 Å². The first kappa shape index (κ1) is 18.3. The Hall–Kier alpha value is -2.54. The van der Waals surface area contributed by atoms with Crippen molar-refractivity contribution >= 4 is 34.1 Å². The molecule has 0 aliphatic carbocycles. The van der Waals surface area contributed by atoms with E-state index in [1.54, 1.807) is 0 Å². The minimum atomic E-state index is -0.360. The number of aromatic nitrogens is 3. The van der Waals surface area contributed by atoms with E-state index in [-0.39, 0.29) is 16.6 Å². The fourth-order valence-electron chi connectivity index (χ4n) is 2.59. The van der Waals surface area contributed by atoms with Gasteiger partial charge in [0.2, 0.25) is 11.1 Å². The van der Waals surface area contributed by atoms with E-state index in [2.05, 4.69) is 15.5 Å². The monoisotopic (exact) mass is 369 g/mol. The van der Waals surface area contributed by atoms with Crippen LogP contribution in [0.1, 0.15) is 33.5 Å². The molecule has 136 valence electrons. The second kappa shape index (κ2) is 6.99. The Morgan fingerprint density at radius 3 is 2.50 bits per heavy atom. The molecule has 3 aromatic rings. The summed E-state index contributed by atoms with van der Waals surface area (Å²) < 4.78 is 1.46. The fraction of sp³-hybridized carbons (Fsp3) is 0.316. The second-order valence-electron chi connectivity index (χ2n) is 7.24. The zero-order valence-corrected chi connectivity index (χ0v) is 16.2. The summed E-state index contributed by atoms with van der Waals surface area (Å²) >= 11 is 1.29. The second-order valence-corrected chi connectivity index (χ2v) is 8.55. The van der Waals surface area contributed by atoms with Gasteiger partial charge >= 0.3 is 0 Å². The summed E-state index contributed by atoms with van der Waals surface area (Å²) in [6, 6.07) is 13.9. The zero-order valence-electron chi connectivity index (χ0n) is 15.4. The molecule has 0 fully saturated rings. The van der Waals surface area contributed by atoms with E-state index in [1.165, 1.54) is 16.4 Å². The molecule has 0 saturated carbocycles. The van der Waals surface area contributed by atoms with Crippen LogP contribution < -0.4 is 11.2 Å². The highest BCUT2D eigenvalue weighted by molar-refractivity contribution is 8.00. The molecule has 0 saturated heterocycles. The van der Waals surface area contributed by atoms with Gasteiger partial charge < -0.3 is 11.2 Å². The third kappa shape index (κ3) is 3.83. The molecule has 2 aromatic carbocycles. The number of hydrogen-bond donors (Lipinski definition) is 2. The maximum absolute atomic E-state index is 12.5. The molecule has 0 bridgehead atoms. The molecular formula is C19H23N5OS. The first-order chi connectivity index (χ1) is 12.3.